The van der Waals surface area contributed by atoms with Gasteiger partial charge in [-0.3, -0.25) is 14.9 Å². The fourth-order valence-corrected chi connectivity index (χ4v) is 5.05. The van der Waals surface area contributed by atoms with E-state index in [0.29, 0.717) is 10.6 Å². The molecule has 0 atom stereocenters. The highest BCUT2D eigenvalue weighted by atomic mass is 32.2. The molecule has 0 amide bonds. The van der Waals surface area contributed by atoms with Gasteiger partial charge in [-0.25, -0.2) is 8.42 Å². The Kier molecular flexibility index (Phi) is 6.76. The highest BCUT2D eigenvalue weighted by Gasteiger charge is 2.30. The van der Waals surface area contributed by atoms with Crippen molar-refractivity contribution in [3.8, 4) is 0 Å². The highest BCUT2D eigenvalue weighted by molar-refractivity contribution is 8.00. The van der Waals surface area contributed by atoms with Crippen LogP contribution in [0.1, 0.15) is 6.42 Å². The smallest absolute Gasteiger partial charge is 0.306 e. The summed E-state index contributed by atoms with van der Waals surface area (Å²) in [6.07, 6.45) is 0.106. The van der Waals surface area contributed by atoms with Gasteiger partial charge in [0.1, 0.15) is 4.90 Å². The van der Waals surface area contributed by atoms with Crippen LogP contribution in [0.15, 0.2) is 28.0 Å². The molecule has 1 aliphatic rings. The Bertz CT molecular complexity index is 746. The molecule has 0 aliphatic carbocycles. The second-order valence-electron chi connectivity index (χ2n) is 5.08. The Morgan fingerprint density at radius 2 is 2.08 bits per heavy atom. The number of hydrogen-bond donors (Lipinski definition) is 0. The molecular formula is C14H18N2O7S2. The summed E-state index contributed by atoms with van der Waals surface area (Å²) < 4.78 is 36.7. The number of esters is 1. The largest absolute Gasteiger partial charge is 0.469 e. The minimum absolute atomic E-state index is 0.106. The van der Waals surface area contributed by atoms with E-state index in [1.165, 1.54) is 23.5 Å². The van der Waals surface area contributed by atoms with Crippen LogP contribution in [-0.2, 0) is 24.3 Å². The number of carbonyl (C=O) groups is 1. The summed E-state index contributed by atoms with van der Waals surface area (Å²) in [4.78, 5) is 21.8. The molecule has 1 fully saturated rings. The van der Waals surface area contributed by atoms with Crippen molar-refractivity contribution in [3.63, 3.8) is 0 Å². The standard InChI is InChI=1S/C14H18N2O7S2/c1-22-14(17)4-9-24-12-3-2-11(16(18)19)10-13(12)25(20,21)15-5-7-23-8-6-15/h2-3,10H,4-9H2,1H3. The average molecular weight is 390 g/mol. The number of carbonyl (C=O) groups excluding carboxylic acids is 1. The fourth-order valence-electron chi connectivity index (χ4n) is 2.20. The van der Waals surface area contributed by atoms with E-state index in [9.17, 15) is 23.3 Å². The van der Waals surface area contributed by atoms with Crippen LogP contribution in [-0.4, -0.2) is 62.8 Å². The topological polar surface area (TPSA) is 116 Å². The molecule has 1 saturated heterocycles. The minimum atomic E-state index is -3.89. The molecule has 0 radical (unpaired) electrons. The van der Waals surface area contributed by atoms with Crippen LogP contribution in [0.2, 0.25) is 0 Å². The van der Waals surface area contributed by atoms with Gasteiger partial charge in [0.2, 0.25) is 10.0 Å². The van der Waals surface area contributed by atoms with Crippen molar-refractivity contribution in [1.82, 2.24) is 4.31 Å². The summed E-state index contributed by atoms with van der Waals surface area (Å²) in [6, 6.07) is 3.71. The first-order valence-electron chi connectivity index (χ1n) is 7.42. The van der Waals surface area contributed by atoms with Gasteiger partial charge in [-0.1, -0.05) is 0 Å². The van der Waals surface area contributed by atoms with Crippen molar-refractivity contribution < 1.29 is 27.6 Å². The molecule has 0 bridgehead atoms. The Hall–Kier alpha value is -1.69. The maximum Gasteiger partial charge on any atom is 0.306 e. The van der Waals surface area contributed by atoms with Crippen LogP contribution in [0.25, 0.3) is 0 Å². The third-order valence-electron chi connectivity index (χ3n) is 3.52. The molecule has 9 nitrogen and oxygen atoms in total. The predicted molar refractivity (Wildman–Crippen MR) is 90.0 cm³/mol. The maximum atomic E-state index is 12.9. The third kappa shape index (κ3) is 4.91. The Morgan fingerprint density at radius 3 is 2.68 bits per heavy atom. The maximum absolute atomic E-state index is 12.9. The number of sulfonamides is 1. The molecule has 0 unspecified atom stereocenters. The number of nitro groups is 1. The SMILES string of the molecule is COC(=O)CCSc1ccc([N+](=O)[O-])cc1S(=O)(=O)N1CCOCC1. The van der Waals surface area contributed by atoms with Gasteiger partial charge in [0.25, 0.3) is 5.69 Å². The van der Waals surface area contributed by atoms with Crippen molar-refractivity contribution in [2.75, 3.05) is 39.2 Å². The molecule has 25 heavy (non-hydrogen) atoms. The third-order valence-corrected chi connectivity index (χ3v) is 6.66. The second-order valence-corrected chi connectivity index (χ2v) is 8.12. The Morgan fingerprint density at radius 1 is 1.40 bits per heavy atom. The lowest BCUT2D eigenvalue weighted by atomic mass is 10.3. The zero-order valence-electron chi connectivity index (χ0n) is 13.5. The average Bonchev–Trinajstić information content (AvgIpc) is 2.62. The number of thioether (sulfide) groups is 1. The van der Waals surface area contributed by atoms with Gasteiger partial charge in [0.15, 0.2) is 0 Å². The molecule has 0 aromatic heterocycles. The molecule has 2 rings (SSSR count). The van der Waals surface area contributed by atoms with Crippen molar-refractivity contribution in [1.29, 1.82) is 0 Å². The highest BCUT2D eigenvalue weighted by Crippen LogP contribution is 2.32. The van der Waals surface area contributed by atoms with E-state index in [1.54, 1.807) is 0 Å². The number of hydrogen-bond acceptors (Lipinski definition) is 8. The lowest BCUT2D eigenvalue weighted by molar-refractivity contribution is -0.385. The first kappa shape index (κ1) is 19.6. The zero-order valence-corrected chi connectivity index (χ0v) is 15.2. The van der Waals surface area contributed by atoms with Gasteiger partial charge in [0, 0.05) is 35.9 Å². The van der Waals surface area contributed by atoms with E-state index in [2.05, 4.69) is 4.74 Å². The van der Waals surface area contributed by atoms with Crippen LogP contribution in [0.4, 0.5) is 5.69 Å². The Balaban J connectivity index is 2.32. The number of rotatable bonds is 7. The first-order chi connectivity index (χ1) is 11.9. The number of morpholine rings is 1. The minimum Gasteiger partial charge on any atom is -0.469 e. The molecule has 0 saturated carbocycles. The molecule has 11 heteroatoms. The summed E-state index contributed by atoms with van der Waals surface area (Å²) in [6.45, 7) is 0.937. The lowest BCUT2D eigenvalue weighted by Gasteiger charge is -2.26. The summed E-state index contributed by atoms with van der Waals surface area (Å²) in [7, 11) is -2.62. The van der Waals surface area contributed by atoms with Crippen molar-refractivity contribution >= 4 is 33.4 Å². The summed E-state index contributed by atoms with van der Waals surface area (Å²) in [5.41, 5.74) is -0.302. The van der Waals surface area contributed by atoms with Crippen molar-refractivity contribution in [2.45, 2.75) is 16.2 Å². The molecule has 0 spiro atoms. The van der Waals surface area contributed by atoms with E-state index in [4.69, 9.17) is 4.74 Å². The molecule has 1 aliphatic heterocycles. The number of non-ortho nitro benzene ring substituents is 1. The van der Waals surface area contributed by atoms with Gasteiger partial charge < -0.3 is 9.47 Å². The molecule has 1 heterocycles. The predicted octanol–water partition coefficient (Wildman–Crippen LogP) is 1.27. The summed E-state index contributed by atoms with van der Waals surface area (Å²) in [5, 5.41) is 11.0. The van der Waals surface area contributed by atoms with E-state index >= 15 is 0 Å². The second kappa shape index (κ2) is 8.61. The van der Waals surface area contributed by atoms with Crippen molar-refractivity contribution in [2.24, 2.45) is 0 Å². The molecule has 1 aromatic carbocycles. The Labute approximate surface area is 149 Å². The van der Waals surface area contributed by atoms with E-state index < -0.39 is 20.9 Å². The van der Waals surface area contributed by atoms with Gasteiger partial charge in [0.05, 0.1) is 31.7 Å². The summed E-state index contributed by atoms with van der Waals surface area (Å²) in [5.74, 6) is -0.108. The number of nitrogens with zero attached hydrogens (tertiary/aromatic N) is 2. The van der Waals surface area contributed by atoms with E-state index in [1.807, 2.05) is 0 Å². The number of nitro benzene ring substituents is 1. The quantitative estimate of drug-likeness (QED) is 0.296. The van der Waals surface area contributed by atoms with Crippen LogP contribution in [0.5, 0.6) is 0 Å². The lowest BCUT2D eigenvalue weighted by Crippen LogP contribution is -2.40. The van der Waals surface area contributed by atoms with E-state index in [0.717, 1.165) is 17.8 Å². The van der Waals surface area contributed by atoms with Crippen molar-refractivity contribution in [3.05, 3.63) is 28.3 Å². The van der Waals surface area contributed by atoms with Gasteiger partial charge in [-0.15, -0.1) is 11.8 Å². The molecule has 138 valence electrons. The number of methoxy groups -OCH3 is 1. The number of benzene rings is 1. The molecule has 0 N–H and O–H groups in total. The van der Waals surface area contributed by atoms with Gasteiger partial charge >= 0.3 is 5.97 Å². The van der Waals surface area contributed by atoms with Gasteiger partial charge in [-0.05, 0) is 6.07 Å². The van der Waals surface area contributed by atoms with Crippen LogP contribution in [0.3, 0.4) is 0 Å². The monoisotopic (exact) mass is 390 g/mol. The van der Waals surface area contributed by atoms with E-state index in [-0.39, 0.29) is 43.3 Å². The fraction of sp³-hybridized carbons (Fsp3) is 0.500. The zero-order chi connectivity index (χ0) is 18.4. The van der Waals surface area contributed by atoms with Crippen LogP contribution in [0, 0.1) is 10.1 Å². The first-order valence-corrected chi connectivity index (χ1v) is 9.85. The number of ether oxygens (including phenoxy) is 2. The normalized spacial score (nSPS) is 15.7. The van der Waals surface area contributed by atoms with Crippen LogP contribution < -0.4 is 0 Å². The molecule has 1 aromatic rings. The summed E-state index contributed by atoms with van der Waals surface area (Å²) >= 11 is 1.14. The van der Waals surface area contributed by atoms with Crippen LogP contribution >= 0.6 is 11.8 Å². The molecular weight excluding hydrogens is 372 g/mol. The van der Waals surface area contributed by atoms with Gasteiger partial charge in [-0.2, -0.15) is 4.31 Å².